The normalized spacial score (nSPS) is 12.1. The lowest BCUT2D eigenvalue weighted by Gasteiger charge is -2.12. The van der Waals surface area contributed by atoms with Gasteiger partial charge in [0.05, 0.1) is 15.2 Å². The fourth-order valence-corrected chi connectivity index (χ4v) is 3.52. The molecular formula is C16H15BrN4O4S. The molecule has 26 heavy (non-hydrogen) atoms. The average molecular weight is 439 g/mol. The number of pyridine rings is 1. The summed E-state index contributed by atoms with van der Waals surface area (Å²) in [5, 5.41) is 6.73. The van der Waals surface area contributed by atoms with Crippen LogP contribution in [0.1, 0.15) is 16.6 Å². The first kappa shape index (κ1) is 18.3. The molecule has 0 aromatic carbocycles. The van der Waals surface area contributed by atoms with Gasteiger partial charge in [-0.1, -0.05) is 6.07 Å². The minimum atomic E-state index is -0.804. The van der Waals surface area contributed by atoms with E-state index >= 15 is 0 Å². The van der Waals surface area contributed by atoms with E-state index < -0.39 is 12.0 Å². The largest absolute Gasteiger partial charge is 0.462 e. The van der Waals surface area contributed by atoms with Crippen molar-refractivity contribution >= 4 is 44.8 Å². The van der Waals surface area contributed by atoms with Crippen molar-refractivity contribution in [3.05, 3.63) is 55.7 Å². The molecule has 0 aliphatic rings. The zero-order valence-electron chi connectivity index (χ0n) is 13.7. The van der Waals surface area contributed by atoms with E-state index in [1.165, 1.54) is 20.4 Å². The molecule has 0 aliphatic carbocycles. The number of carbonyl (C=O) groups excluding carboxylic acids is 2. The Bertz CT molecular complexity index is 1010. The van der Waals surface area contributed by atoms with Gasteiger partial charge in [-0.05, 0) is 47.1 Å². The average Bonchev–Trinajstić information content (AvgIpc) is 3.19. The highest BCUT2D eigenvalue weighted by Crippen LogP contribution is 2.21. The van der Waals surface area contributed by atoms with E-state index in [0.29, 0.717) is 10.5 Å². The molecule has 0 saturated carbocycles. The molecule has 0 bridgehead atoms. The van der Waals surface area contributed by atoms with Crippen LogP contribution in [0.3, 0.4) is 0 Å². The van der Waals surface area contributed by atoms with E-state index in [9.17, 15) is 14.4 Å². The number of esters is 1. The van der Waals surface area contributed by atoms with Crippen molar-refractivity contribution < 1.29 is 14.3 Å². The van der Waals surface area contributed by atoms with Crippen LogP contribution >= 0.6 is 27.3 Å². The number of ether oxygens (including phenoxy) is 1. The van der Waals surface area contributed by atoms with Gasteiger partial charge in [0.25, 0.3) is 5.91 Å². The number of rotatable bonds is 6. The lowest BCUT2D eigenvalue weighted by Crippen LogP contribution is -2.39. The van der Waals surface area contributed by atoms with Crippen LogP contribution in [-0.4, -0.2) is 38.7 Å². The van der Waals surface area contributed by atoms with Crippen molar-refractivity contribution in [2.45, 2.75) is 19.5 Å². The lowest BCUT2D eigenvalue weighted by atomic mass is 10.3. The molecule has 1 N–H and O–H groups in total. The molecule has 0 saturated heterocycles. The Kier molecular flexibility index (Phi) is 5.52. The summed E-state index contributed by atoms with van der Waals surface area (Å²) in [5.74, 6) is -0.924. The highest BCUT2D eigenvalue weighted by molar-refractivity contribution is 9.11. The number of halogens is 1. The molecule has 0 radical (unpaired) electrons. The van der Waals surface area contributed by atoms with Gasteiger partial charge in [-0.15, -0.1) is 16.4 Å². The Morgan fingerprint density at radius 2 is 2.15 bits per heavy atom. The van der Waals surface area contributed by atoms with Crippen molar-refractivity contribution in [3.8, 4) is 0 Å². The molecule has 136 valence electrons. The van der Waals surface area contributed by atoms with Crippen LogP contribution in [0.15, 0.2) is 45.1 Å². The van der Waals surface area contributed by atoms with Crippen molar-refractivity contribution in [3.63, 3.8) is 0 Å². The summed E-state index contributed by atoms with van der Waals surface area (Å²) in [4.78, 5) is 36.6. The monoisotopic (exact) mass is 438 g/mol. The van der Waals surface area contributed by atoms with E-state index in [1.807, 2.05) is 0 Å². The van der Waals surface area contributed by atoms with Crippen LogP contribution in [0.5, 0.6) is 0 Å². The molecular weight excluding hydrogens is 424 g/mol. The minimum absolute atomic E-state index is 0.0205. The van der Waals surface area contributed by atoms with E-state index in [4.69, 9.17) is 4.74 Å². The Morgan fingerprint density at radius 1 is 1.35 bits per heavy atom. The molecule has 3 aromatic rings. The quantitative estimate of drug-likeness (QED) is 0.590. The third-order valence-electron chi connectivity index (χ3n) is 3.53. The zero-order chi connectivity index (χ0) is 18.7. The summed E-state index contributed by atoms with van der Waals surface area (Å²) in [6, 6.07) is 7.85. The summed E-state index contributed by atoms with van der Waals surface area (Å²) in [6.07, 6.45) is 1.62. The fraction of sp³-hybridized carbons (Fsp3) is 0.250. The van der Waals surface area contributed by atoms with Gasteiger partial charge in [0, 0.05) is 6.20 Å². The van der Waals surface area contributed by atoms with Gasteiger partial charge in [0.15, 0.2) is 5.65 Å². The molecule has 0 aliphatic heterocycles. The van der Waals surface area contributed by atoms with Gasteiger partial charge in [0.1, 0.15) is 12.6 Å². The molecule has 0 fully saturated rings. The van der Waals surface area contributed by atoms with E-state index in [0.717, 1.165) is 3.79 Å². The third-order valence-corrected chi connectivity index (χ3v) is 5.16. The summed E-state index contributed by atoms with van der Waals surface area (Å²) in [7, 11) is 0. The molecule has 0 spiro atoms. The van der Waals surface area contributed by atoms with E-state index in [1.54, 1.807) is 43.5 Å². The number of hydrogen-bond acceptors (Lipinski definition) is 6. The van der Waals surface area contributed by atoms with Crippen molar-refractivity contribution in [2.24, 2.45) is 0 Å². The number of hydrogen-bond donors (Lipinski definition) is 1. The number of fused-ring (bicyclic) bond motifs is 1. The summed E-state index contributed by atoms with van der Waals surface area (Å²) in [6.45, 7) is 1.65. The van der Waals surface area contributed by atoms with Crippen LogP contribution < -0.4 is 11.0 Å². The topological polar surface area (TPSA) is 94.7 Å². The van der Waals surface area contributed by atoms with Crippen LogP contribution in [-0.2, 0) is 16.1 Å². The Morgan fingerprint density at radius 3 is 2.85 bits per heavy atom. The van der Waals surface area contributed by atoms with Crippen LogP contribution in [0.25, 0.3) is 5.65 Å². The number of carbonyl (C=O) groups is 2. The Balaban J connectivity index is 1.52. The Labute approximate surface area is 160 Å². The fourth-order valence-electron chi connectivity index (χ4n) is 2.23. The number of nitrogens with zero attached hydrogens (tertiary/aromatic N) is 3. The molecule has 1 amide bonds. The summed E-state index contributed by atoms with van der Waals surface area (Å²) >= 11 is 4.55. The van der Waals surface area contributed by atoms with Crippen LogP contribution in [0.4, 0.5) is 0 Å². The molecule has 1 atom stereocenters. The maximum Gasteiger partial charge on any atom is 0.350 e. The smallest absolute Gasteiger partial charge is 0.350 e. The van der Waals surface area contributed by atoms with Gasteiger partial charge < -0.3 is 10.1 Å². The van der Waals surface area contributed by atoms with Gasteiger partial charge >= 0.3 is 11.7 Å². The van der Waals surface area contributed by atoms with Gasteiger partial charge in [-0.2, -0.15) is 0 Å². The molecule has 3 heterocycles. The van der Waals surface area contributed by atoms with Crippen LogP contribution in [0.2, 0.25) is 0 Å². The van der Waals surface area contributed by atoms with E-state index in [2.05, 4.69) is 26.3 Å². The highest BCUT2D eigenvalue weighted by Gasteiger charge is 2.19. The van der Waals surface area contributed by atoms with Crippen LogP contribution in [0, 0.1) is 0 Å². The standard InChI is InChI=1S/C16H15BrN4O4S/c1-10(18-14(22)11-5-6-12(17)26-11)15(23)25-9-8-21-16(24)20-7-3-2-4-13(20)19-21/h2-7,10H,8-9H2,1H3,(H,18,22). The number of aromatic nitrogens is 3. The van der Waals surface area contributed by atoms with Crippen molar-refractivity contribution in [2.75, 3.05) is 6.61 Å². The van der Waals surface area contributed by atoms with Crippen molar-refractivity contribution in [1.29, 1.82) is 0 Å². The number of thiophene rings is 1. The lowest BCUT2D eigenvalue weighted by molar-refractivity contribution is -0.145. The third kappa shape index (κ3) is 4.02. The molecule has 1 unspecified atom stereocenters. The molecule has 10 heteroatoms. The zero-order valence-corrected chi connectivity index (χ0v) is 16.1. The minimum Gasteiger partial charge on any atom is -0.462 e. The Hall–Kier alpha value is -2.46. The number of amides is 1. The van der Waals surface area contributed by atoms with Crippen molar-refractivity contribution in [1.82, 2.24) is 19.5 Å². The molecule has 3 aromatic heterocycles. The predicted octanol–water partition coefficient (Wildman–Crippen LogP) is 1.68. The summed E-state index contributed by atoms with van der Waals surface area (Å²) < 4.78 is 8.60. The SMILES string of the molecule is CC(NC(=O)c1ccc(Br)s1)C(=O)OCCn1nc2ccccn2c1=O. The molecule has 3 rings (SSSR count). The number of nitrogens with one attached hydrogen (secondary N) is 1. The maximum absolute atomic E-state index is 12.1. The second-order valence-corrected chi connectivity index (χ2v) is 7.86. The second-order valence-electron chi connectivity index (χ2n) is 5.40. The predicted molar refractivity (Wildman–Crippen MR) is 99.4 cm³/mol. The first-order valence-electron chi connectivity index (χ1n) is 7.73. The highest BCUT2D eigenvalue weighted by atomic mass is 79.9. The van der Waals surface area contributed by atoms with Gasteiger partial charge in [-0.25, -0.2) is 14.3 Å². The van der Waals surface area contributed by atoms with E-state index in [-0.39, 0.29) is 24.7 Å². The first-order chi connectivity index (χ1) is 12.5. The summed E-state index contributed by atoms with van der Waals surface area (Å²) in [5.41, 5.74) is 0.216. The second kappa shape index (κ2) is 7.83. The maximum atomic E-state index is 12.1. The first-order valence-corrected chi connectivity index (χ1v) is 9.33. The van der Waals surface area contributed by atoms with Gasteiger partial charge in [-0.3, -0.25) is 9.20 Å². The molecule has 8 nitrogen and oxygen atoms in total. The van der Waals surface area contributed by atoms with Gasteiger partial charge in [0.2, 0.25) is 0 Å².